The molecule has 0 saturated carbocycles. The van der Waals surface area contributed by atoms with E-state index in [9.17, 15) is 106 Å². The number of hydrogen-bond acceptors (Lipinski definition) is 30. The lowest BCUT2D eigenvalue weighted by Crippen LogP contribution is -2.71. The van der Waals surface area contributed by atoms with Gasteiger partial charge in [0.15, 0.2) is 25.2 Å². The van der Waals surface area contributed by atoms with Gasteiger partial charge in [-0.1, -0.05) is 219 Å². The van der Waals surface area contributed by atoms with E-state index in [-0.39, 0.29) is 12.3 Å². The second-order valence-electron chi connectivity index (χ2n) is 31.4. The van der Waals surface area contributed by atoms with Crippen LogP contribution in [0.3, 0.4) is 0 Å². The number of ether oxygens (including phenoxy) is 10. The SMILES string of the molecule is CCCCCCCCCCCCC/C=C/[C@@H](O)[C@H](CO[C@@H]1OC(CO)[C@@H](O[C@@H]2OC(CO)[C@H](O[C@@H]3OC(CO[C@]4(C(=O)O)CC(O)[C@@H](NC(C)=O)C([C@H](O)[C@H](O)CO)O4)[C@H](O)[C@H](O[C@@H]4OC(CO)[C@H](O)[C@H](O)C4O)C3NC(C)=O)[C@H](O)C2O)[C@H](O)C1O)NC(=O)CCCCCCCCCCCCCCCCCCCCCCC. The molecule has 5 rings (SSSR count). The zero-order chi connectivity index (χ0) is 83.0. The summed E-state index contributed by atoms with van der Waals surface area (Å²) in [4.78, 5) is 52.1. The average Bonchev–Trinajstić information content (AvgIpc) is 0.756. The van der Waals surface area contributed by atoms with E-state index in [1.54, 1.807) is 6.08 Å². The van der Waals surface area contributed by atoms with Crippen molar-refractivity contribution in [3.8, 4) is 0 Å². The minimum atomic E-state index is -3.08. The van der Waals surface area contributed by atoms with Gasteiger partial charge in [-0.25, -0.2) is 4.79 Å². The van der Waals surface area contributed by atoms with Crippen LogP contribution in [0.1, 0.15) is 252 Å². The molecule has 5 aliphatic heterocycles. The summed E-state index contributed by atoms with van der Waals surface area (Å²) in [5.41, 5.74) is 0. The highest BCUT2D eigenvalue weighted by atomic mass is 16.8. The highest BCUT2D eigenvalue weighted by molar-refractivity contribution is 5.77. The van der Waals surface area contributed by atoms with Crippen LogP contribution in [-0.2, 0) is 66.5 Å². The highest BCUT2D eigenvalue weighted by Gasteiger charge is 2.60. The second kappa shape index (κ2) is 54.7. The predicted octanol–water partition coefficient (Wildman–Crippen LogP) is 1.30. The Bertz CT molecular complexity index is 2610. The van der Waals surface area contributed by atoms with Gasteiger partial charge in [0.05, 0.1) is 63.9 Å². The van der Waals surface area contributed by atoms with Crippen molar-refractivity contribution >= 4 is 23.7 Å². The Morgan fingerprint density at radius 3 is 1.34 bits per heavy atom. The number of nitrogens with one attached hydrogen (secondary N) is 3. The Kier molecular flexibility index (Phi) is 48.5. The molecule has 0 radical (unpaired) electrons. The molecule has 0 aromatic rings. The summed E-state index contributed by atoms with van der Waals surface area (Å²) >= 11 is 0. The van der Waals surface area contributed by atoms with Crippen LogP contribution >= 0.6 is 0 Å². The first kappa shape index (κ1) is 100. The molecule has 5 saturated heterocycles. The number of rotatable bonds is 58. The molecule has 28 atom stereocenters. The number of aliphatic hydroxyl groups excluding tert-OH is 16. The zero-order valence-electron chi connectivity index (χ0n) is 67.1. The summed E-state index contributed by atoms with van der Waals surface area (Å²) in [6, 6.07) is -4.63. The Morgan fingerprint density at radius 1 is 0.469 bits per heavy atom. The number of allylic oxidation sites excluding steroid dienone is 1. The molecule has 34 nitrogen and oxygen atoms in total. The van der Waals surface area contributed by atoms with Crippen molar-refractivity contribution in [2.75, 3.05) is 39.6 Å². The molecule has 20 N–H and O–H groups in total. The lowest BCUT2D eigenvalue weighted by atomic mass is 9.88. The van der Waals surface area contributed by atoms with Crippen molar-refractivity contribution in [3.63, 3.8) is 0 Å². The molecule has 34 heteroatoms. The smallest absolute Gasteiger partial charge is 0.364 e. The fraction of sp³-hybridized carbons (Fsp3) is 0.924. The molecule has 0 bridgehead atoms. The number of aliphatic carboxylic acids is 1. The Balaban J connectivity index is 1.25. The summed E-state index contributed by atoms with van der Waals surface area (Å²) in [6.07, 6.45) is -6.08. The molecule has 5 fully saturated rings. The van der Waals surface area contributed by atoms with E-state index in [0.717, 1.165) is 65.2 Å². The van der Waals surface area contributed by atoms with Crippen LogP contribution in [0.15, 0.2) is 12.2 Å². The lowest BCUT2D eigenvalue weighted by Gasteiger charge is -2.51. The first-order chi connectivity index (χ1) is 54.2. The molecule has 660 valence electrons. The van der Waals surface area contributed by atoms with Crippen LogP contribution < -0.4 is 16.0 Å². The van der Waals surface area contributed by atoms with Crippen molar-refractivity contribution in [3.05, 3.63) is 12.2 Å². The Labute approximate surface area is 665 Å². The molecular formula is C79H143N3O31. The van der Waals surface area contributed by atoms with Crippen LogP contribution in [0.4, 0.5) is 0 Å². The molecule has 5 heterocycles. The second-order valence-corrected chi connectivity index (χ2v) is 31.4. The number of carbonyl (C=O) groups is 4. The Hall–Kier alpha value is -3.42. The van der Waals surface area contributed by atoms with Gasteiger partial charge in [-0.3, -0.25) is 14.4 Å². The van der Waals surface area contributed by atoms with Crippen LogP contribution in [0, 0.1) is 0 Å². The molecule has 10 unspecified atom stereocenters. The number of carbonyl (C=O) groups excluding carboxylic acids is 3. The monoisotopic (exact) mass is 1630 g/mol. The summed E-state index contributed by atoms with van der Waals surface area (Å²) in [7, 11) is 0. The van der Waals surface area contributed by atoms with E-state index in [4.69, 9.17) is 47.4 Å². The molecular weight excluding hydrogens is 1490 g/mol. The number of carboxylic acid groups (broad SMARTS) is 1. The third kappa shape index (κ3) is 32.9. The van der Waals surface area contributed by atoms with Gasteiger partial charge in [0.1, 0.15) is 116 Å². The minimum absolute atomic E-state index is 0.169. The summed E-state index contributed by atoms with van der Waals surface area (Å²) in [5.74, 6) is -7.17. The normalized spacial score (nSPS) is 33.4. The summed E-state index contributed by atoms with van der Waals surface area (Å²) in [5, 5.41) is 196. The molecule has 113 heavy (non-hydrogen) atoms. The number of amides is 3. The van der Waals surface area contributed by atoms with Gasteiger partial charge in [-0.15, -0.1) is 0 Å². The van der Waals surface area contributed by atoms with Gasteiger partial charge >= 0.3 is 5.97 Å². The van der Waals surface area contributed by atoms with E-state index in [2.05, 4.69) is 29.8 Å². The van der Waals surface area contributed by atoms with Gasteiger partial charge in [0, 0.05) is 26.7 Å². The van der Waals surface area contributed by atoms with Crippen molar-refractivity contribution in [1.29, 1.82) is 0 Å². The topological polar surface area (TPSA) is 541 Å². The third-order valence-electron chi connectivity index (χ3n) is 22.1. The maximum atomic E-state index is 13.6. The van der Waals surface area contributed by atoms with Crippen LogP contribution in [0.25, 0.3) is 0 Å². The van der Waals surface area contributed by atoms with Crippen molar-refractivity contribution in [2.45, 2.75) is 424 Å². The van der Waals surface area contributed by atoms with Crippen LogP contribution in [0.2, 0.25) is 0 Å². The van der Waals surface area contributed by atoms with E-state index in [1.807, 2.05) is 6.08 Å². The van der Waals surface area contributed by atoms with Crippen LogP contribution in [0.5, 0.6) is 0 Å². The van der Waals surface area contributed by atoms with Gasteiger partial charge in [-0.05, 0) is 19.3 Å². The summed E-state index contributed by atoms with van der Waals surface area (Å²) < 4.78 is 59.3. The maximum absolute atomic E-state index is 13.6. The van der Waals surface area contributed by atoms with Gasteiger partial charge < -0.3 is 150 Å². The fourth-order valence-electron chi connectivity index (χ4n) is 15.3. The molecule has 0 aromatic carbocycles. The molecule has 3 amide bonds. The number of unbranched alkanes of at least 4 members (excludes halogenated alkanes) is 31. The number of carboxylic acids is 1. The molecule has 5 aliphatic rings. The van der Waals surface area contributed by atoms with E-state index < -0.39 is 235 Å². The predicted molar refractivity (Wildman–Crippen MR) is 406 cm³/mol. The molecule has 0 aromatic heterocycles. The molecule has 0 spiro atoms. The van der Waals surface area contributed by atoms with Crippen molar-refractivity contribution in [1.82, 2.24) is 16.0 Å². The van der Waals surface area contributed by atoms with Crippen LogP contribution in [-0.4, -0.2) is 321 Å². The standard InChI is InChI=1S/C79H143N3O31/c1-5-7-9-11-13-15-17-19-20-21-22-23-24-25-26-28-30-32-34-36-38-40-58(92)82-50(51(89)39-37-35-33-31-29-27-18-16-14-12-10-8-6-2)46-104-75-68(100)65(97)71(55(44-85)107-75)111-77-69(101)66(98)70(56(45-86)108-77)110-74-60(81-49(4)88)72(112-76-67(99)64(96)62(94)54(43-84)106-76)63(95)57(109-74)47-105-79(78(102)103)41-52(90)59(80-48(3)87)73(113-79)61(93)53(91)42-83/h37,39,50-57,59-77,83-86,89-91,93-101H,5-36,38,40-47H2,1-4H3,(H,80,87)(H,81,88)(H,82,92)(H,102,103)/b39-37+/t50-,51+,52?,53+,54?,55?,56?,57?,59+,60?,61+,62-,63-,64-,65+,66+,67?,68?,69?,70-,71+,72+,73?,74-,75+,76-,77-,79+/m0/s1. The lowest BCUT2D eigenvalue weighted by molar-refractivity contribution is -0.383. The summed E-state index contributed by atoms with van der Waals surface area (Å²) in [6.45, 7) is 0.619. The number of aliphatic hydroxyl groups is 16. The average molecular weight is 1630 g/mol. The zero-order valence-corrected chi connectivity index (χ0v) is 67.1. The first-order valence-corrected chi connectivity index (χ1v) is 42.1. The minimum Gasteiger partial charge on any atom is -0.477 e. The maximum Gasteiger partial charge on any atom is 0.364 e. The first-order valence-electron chi connectivity index (χ1n) is 42.1. The van der Waals surface area contributed by atoms with E-state index in [0.29, 0.717) is 12.8 Å². The quantitative estimate of drug-likeness (QED) is 0.0301. The number of hydrogen-bond donors (Lipinski definition) is 20. The van der Waals surface area contributed by atoms with Crippen molar-refractivity contribution < 1.29 is 153 Å². The third-order valence-corrected chi connectivity index (χ3v) is 22.1. The molecule has 0 aliphatic carbocycles. The Morgan fingerprint density at radius 2 is 0.876 bits per heavy atom. The van der Waals surface area contributed by atoms with Crippen molar-refractivity contribution in [2.24, 2.45) is 0 Å². The van der Waals surface area contributed by atoms with Gasteiger partial charge in [-0.2, -0.15) is 0 Å². The van der Waals surface area contributed by atoms with Gasteiger partial charge in [0.2, 0.25) is 17.7 Å². The fourth-order valence-corrected chi connectivity index (χ4v) is 15.3. The largest absolute Gasteiger partial charge is 0.477 e. The van der Waals surface area contributed by atoms with Gasteiger partial charge in [0.25, 0.3) is 5.79 Å². The van der Waals surface area contributed by atoms with E-state index in [1.165, 1.54) is 148 Å². The van der Waals surface area contributed by atoms with E-state index >= 15 is 0 Å². The highest BCUT2D eigenvalue weighted by Crippen LogP contribution is 2.39.